The Hall–Kier alpha value is -0.0000000000000000833. The molecule has 0 saturated carbocycles. The van der Waals surface area contributed by atoms with Crippen molar-refractivity contribution in [3.05, 3.63) is 20.8 Å². The molecule has 0 aliphatic carbocycles. The van der Waals surface area contributed by atoms with Crippen LogP contribution in [0.5, 0.6) is 0 Å². The zero-order valence-electron chi connectivity index (χ0n) is 6.92. The minimum absolute atomic E-state index is 0.0149. The van der Waals surface area contributed by atoms with Gasteiger partial charge in [-0.2, -0.15) is 12.6 Å². The molecule has 0 atom stereocenters. The van der Waals surface area contributed by atoms with E-state index in [9.17, 15) is 4.79 Å². The van der Waals surface area contributed by atoms with Crippen LogP contribution in [0.2, 0.25) is 0 Å². The number of hydrogen-bond donors (Lipinski definition) is 2. The van der Waals surface area contributed by atoms with Gasteiger partial charge in [-0.25, -0.2) is 0 Å². The molecule has 2 nitrogen and oxygen atoms in total. The number of rotatable bonds is 4. The highest BCUT2D eigenvalue weighted by Crippen LogP contribution is 2.19. The smallest absolute Gasteiger partial charge is 0.229 e. The van der Waals surface area contributed by atoms with Crippen molar-refractivity contribution in [2.24, 2.45) is 0 Å². The van der Waals surface area contributed by atoms with E-state index in [2.05, 4.69) is 39.9 Å². The van der Waals surface area contributed by atoms with Crippen molar-refractivity contribution in [1.82, 2.24) is 5.32 Å². The summed E-state index contributed by atoms with van der Waals surface area (Å²) < 4.78 is 1.10. The number of amides is 1. The van der Waals surface area contributed by atoms with E-state index >= 15 is 0 Å². The molecule has 1 aromatic heterocycles. The van der Waals surface area contributed by atoms with E-state index in [1.165, 1.54) is 4.88 Å². The standard InChI is InChI=1S/C8H10BrNOS2/c9-6-3-7(13-5-6)1-2-10-8(11)4-12/h3,5,12H,1-2,4H2,(H,10,11). The average Bonchev–Trinajstić information content (AvgIpc) is 2.51. The largest absolute Gasteiger partial charge is 0.355 e. The zero-order chi connectivity index (χ0) is 9.68. The quantitative estimate of drug-likeness (QED) is 0.813. The number of carbonyl (C=O) groups is 1. The second kappa shape index (κ2) is 5.67. The highest BCUT2D eigenvalue weighted by Gasteiger charge is 1.99. The van der Waals surface area contributed by atoms with Gasteiger partial charge in [0.15, 0.2) is 0 Å². The number of nitrogens with one attached hydrogen (secondary N) is 1. The number of thiol groups is 1. The molecular weight excluding hydrogens is 270 g/mol. The van der Waals surface area contributed by atoms with E-state index < -0.39 is 0 Å². The minimum atomic E-state index is -0.0149. The van der Waals surface area contributed by atoms with Crippen LogP contribution >= 0.6 is 39.9 Å². The topological polar surface area (TPSA) is 29.1 Å². The Labute approximate surface area is 95.3 Å². The Morgan fingerprint density at radius 2 is 2.46 bits per heavy atom. The first-order chi connectivity index (χ1) is 6.22. The summed E-state index contributed by atoms with van der Waals surface area (Å²) in [5.74, 6) is 0.243. The molecule has 1 rings (SSSR count). The van der Waals surface area contributed by atoms with Gasteiger partial charge >= 0.3 is 0 Å². The van der Waals surface area contributed by atoms with Crippen LogP contribution in [0.1, 0.15) is 4.88 Å². The summed E-state index contributed by atoms with van der Waals surface area (Å²) in [6.45, 7) is 0.687. The predicted octanol–water partition coefficient (Wildman–Crippen LogP) is 2.10. The van der Waals surface area contributed by atoms with Gasteiger partial charge in [0.25, 0.3) is 0 Å². The monoisotopic (exact) mass is 279 g/mol. The number of halogens is 1. The lowest BCUT2D eigenvalue weighted by molar-refractivity contribution is -0.118. The van der Waals surface area contributed by atoms with Crippen LogP contribution in [-0.4, -0.2) is 18.2 Å². The fraction of sp³-hybridized carbons (Fsp3) is 0.375. The van der Waals surface area contributed by atoms with Crippen LogP contribution in [-0.2, 0) is 11.2 Å². The Morgan fingerprint density at radius 1 is 1.69 bits per heavy atom. The first-order valence-corrected chi connectivity index (χ1v) is 6.13. The van der Waals surface area contributed by atoms with Gasteiger partial charge in [0.1, 0.15) is 0 Å². The van der Waals surface area contributed by atoms with Crippen molar-refractivity contribution in [3.8, 4) is 0 Å². The van der Waals surface area contributed by atoms with Crippen molar-refractivity contribution < 1.29 is 4.79 Å². The summed E-state index contributed by atoms with van der Waals surface area (Å²) in [7, 11) is 0. The van der Waals surface area contributed by atoms with E-state index in [1.807, 2.05) is 5.38 Å². The summed E-state index contributed by atoms with van der Waals surface area (Å²) in [4.78, 5) is 12.1. The van der Waals surface area contributed by atoms with Gasteiger partial charge in [-0.3, -0.25) is 4.79 Å². The van der Waals surface area contributed by atoms with Crippen molar-refractivity contribution in [1.29, 1.82) is 0 Å². The molecule has 0 saturated heterocycles. The first kappa shape index (κ1) is 11.1. The van der Waals surface area contributed by atoms with E-state index in [-0.39, 0.29) is 11.7 Å². The van der Waals surface area contributed by atoms with E-state index in [0.717, 1.165) is 10.9 Å². The summed E-state index contributed by atoms with van der Waals surface area (Å²) in [6, 6.07) is 2.07. The maximum absolute atomic E-state index is 10.8. The van der Waals surface area contributed by atoms with Crippen LogP contribution in [0.3, 0.4) is 0 Å². The van der Waals surface area contributed by atoms with Crippen LogP contribution in [0, 0.1) is 0 Å². The van der Waals surface area contributed by atoms with Gasteiger partial charge in [-0.05, 0) is 28.4 Å². The molecule has 0 bridgehead atoms. The van der Waals surface area contributed by atoms with Crippen LogP contribution in [0.15, 0.2) is 15.9 Å². The van der Waals surface area contributed by atoms with E-state index in [1.54, 1.807) is 11.3 Å². The van der Waals surface area contributed by atoms with Crippen LogP contribution < -0.4 is 5.32 Å². The molecule has 0 aliphatic rings. The maximum atomic E-state index is 10.8. The Morgan fingerprint density at radius 3 is 3.00 bits per heavy atom. The van der Waals surface area contributed by atoms with E-state index in [0.29, 0.717) is 6.54 Å². The summed E-state index contributed by atoms with van der Waals surface area (Å²) in [6.07, 6.45) is 0.885. The fourth-order valence-corrected chi connectivity index (χ4v) is 2.43. The Kier molecular flexibility index (Phi) is 4.83. The van der Waals surface area contributed by atoms with Crippen LogP contribution in [0.25, 0.3) is 0 Å². The van der Waals surface area contributed by atoms with E-state index in [4.69, 9.17) is 0 Å². The highest BCUT2D eigenvalue weighted by atomic mass is 79.9. The molecule has 0 radical (unpaired) electrons. The molecule has 0 aromatic carbocycles. The molecule has 1 amide bonds. The third-order valence-electron chi connectivity index (χ3n) is 1.46. The average molecular weight is 280 g/mol. The third-order valence-corrected chi connectivity index (χ3v) is 3.50. The normalized spacial score (nSPS) is 10.0. The molecule has 72 valence electrons. The van der Waals surface area contributed by atoms with Crippen molar-refractivity contribution in [3.63, 3.8) is 0 Å². The number of thiophene rings is 1. The Bertz CT molecular complexity index is 287. The summed E-state index contributed by atoms with van der Waals surface area (Å²) in [5, 5.41) is 4.80. The number of carbonyl (C=O) groups excluding carboxylic acids is 1. The second-order valence-corrected chi connectivity index (χ2v) is 4.72. The third kappa shape index (κ3) is 4.15. The SMILES string of the molecule is O=C(CS)NCCc1cc(Br)cs1. The molecule has 0 spiro atoms. The molecule has 13 heavy (non-hydrogen) atoms. The minimum Gasteiger partial charge on any atom is -0.355 e. The van der Waals surface area contributed by atoms with Crippen molar-refractivity contribution in [2.45, 2.75) is 6.42 Å². The van der Waals surface area contributed by atoms with Gasteiger partial charge in [-0.15, -0.1) is 11.3 Å². The first-order valence-electron chi connectivity index (χ1n) is 3.83. The summed E-state index contributed by atoms with van der Waals surface area (Å²) in [5.41, 5.74) is 0. The predicted molar refractivity (Wildman–Crippen MR) is 62.6 cm³/mol. The Balaban J connectivity index is 2.24. The lowest BCUT2D eigenvalue weighted by Gasteiger charge is -2.00. The molecule has 1 heterocycles. The molecular formula is C8H10BrNOS2. The molecule has 5 heteroatoms. The molecule has 0 aliphatic heterocycles. The van der Waals surface area contributed by atoms with Gasteiger partial charge in [0.05, 0.1) is 5.75 Å². The zero-order valence-corrected chi connectivity index (χ0v) is 10.2. The van der Waals surface area contributed by atoms with Crippen molar-refractivity contribution >= 4 is 45.8 Å². The molecule has 1 N–H and O–H groups in total. The van der Waals surface area contributed by atoms with Gasteiger partial charge < -0.3 is 5.32 Å². The molecule has 1 aromatic rings. The highest BCUT2D eigenvalue weighted by molar-refractivity contribution is 9.10. The lowest BCUT2D eigenvalue weighted by atomic mass is 10.3. The summed E-state index contributed by atoms with van der Waals surface area (Å²) >= 11 is 8.93. The van der Waals surface area contributed by atoms with Gasteiger partial charge in [-0.1, -0.05) is 0 Å². The molecule has 0 unspecified atom stereocenters. The van der Waals surface area contributed by atoms with Crippen LogP contribution in [0.4, 0.5) is 0 Å². The fourth-order valence-electron chi connectivity index (χ4n) is 0.866. The number of hydrogen-bond acceptors (Lipinski definition) is 3. The van der Waals surface area contributed by atoms with Crippen molar-refractivity contribution in [2.75, 3.05) is 12.3 Å². The molecule has 0 fully saturated rings. The van der Waals surface area contributed by atoms with Gasteiger partial charge in [0.2, 0.25) is 5.91 Å². The van der Waals surface area contributed by atoms with Gasteiger partial charge in [0, 0.05) is 21.3 Å². The lowest BCUT2D eigenvalue weighted by Crippen LogP contribution is -2.26. The second-order valence-electron chi connectivity index (χ2n) is 2.49. The maximum Gasteiger partial charge on any atom is 0.229 e.